The maximum Gasteiger partial charge on any atom is 0.264 e. The van der Waals surface area contributed by atoms with Crippen LogP contribution >= 0.6 is 0 Å². The minimum absolute atomic E-state index is 0.144. The molecule has 0 saturated heterocycles. The molecular weight excluding hydrogens is 402 g/mol. The molecule has 0 aliphatic carbocycles. The first-order valence-electron chi connectivity index (χ1n) is 9.34. The van der Waals surface area contributed by atoms with Gasteiger partial charge in [-0.25, -0.2) is 8.42 Å². The zero-order valence-electron chi connectivity index (χ0n) is 17.5. The van der Waals surface area contributed by atoms with E-state index in [1.165, 1.54) is 31.7 Å². The molecule has 0 fully saturated rings. The summed E-state index contributed by atoms with van der Waals surface area (Å²) < 4.78 is 44.6. The third-order valence-electron chi connectivity index (χ3n) is 4.86. The Morgan fingerprint density at radius 3 is 2.20 bits per heavy atom. The van der Waals surface area contributed by atoms with Crippen molar-refractivity contribution in [2.24, 2.45) is 0 Å². The largest absolute Gasteiger partial charge is 0.497 e. The van der Waals surface area contributed by atoms with E-state index in [2.05, 4.69) is 0 Å². The lowest BCUT2D eigenvalue weighted by molar-refractivity contribution is 0.355. The molecule has 0 saturated carbocycles. The third-order valence-corrected chi connectivity index (χ3v) is 6.63. The molecule has 0 amide bonds. The molecule has 0 atom stereocenters. The van der Waals surface area contributed by atoms with Crippen molar-refractivity contribution in [3.05, 3.63) is 77.9 Å². The summed E-state index contributed by atoms with van der Waals surface area (Å²) in [6.45, 7) is 2.13. The first-order valence-corrected chi connectivity index (χ1v) is 10.8. The van der Waals surface area contributed by atoms with Gasteiger partial charge in [-0.05, 0) is 42.3 Å². The van der Waals surface area contributed by atoms with Crippen LogP contribution in [0.1, 0.15) is 11.1 Å². The Bertz CT molecular complexity index is 1130. The van der Waals surface area contributed by atoms with E-state index in [1.54, 1.807) is 36.4 Å². The number of methoxy groups -OCH3 is 3. The number of benzene rings is 3. The van der Waals surface area contributed by atoms with Crippen molar-refractivity contribution < 1.29 is 22.6 Å². The monoisotopic (exact) mass is 427 g/mol. The highest BCUT2D eigenvalue weighted by Gasteiger charge is 2.27. The fourth-order valence-corrected chi connectivity index (χ4v) is 4.60. The minimum atomic E-state index is -3.89. The SMILES string of the molecule is COc1cccc(S(=O)(=O)N(Cc2ccccc2C)c2ccc(OC)c(OC)c2)c1. The number of nitrogens with zero attached hydrogens (tertiary/aromatic N) is 1. The number of anilines is 1. The van der Waals surface area contributed by atoms with Crippen molar-refractivity contribution in [3.8, 4) is 17.2 Å². The predicted molar refractivity (Wildman–Crippen MR) is 117 cm³/mol. The number of hydrogen-bond acceptors (Lipinski definition) is 5. The van der Waals surface area contributed by atoms with Crippen LogP contribution in [0.5, 0.6) is 17.2 Å². The van der Waals surface area contributed by atoms with E-state index in [0.717, 1.165) is 11.1 Å². The average molecular weight is 428 g/mol. The molecule has 0 N–H and O–H groups in total. The van der Waals surface area contributed by atoms with Gasteiger partial charge in [0.1, 0.15) is 5.75 Å². The normalized spacial score (nSPS) is 11.1. The molecule has 6 nitrogen and oxygen atoms in total. The molecule has 30 heavy (non-hydrogen) atoms. The van der Waals surface area contributed by atoms with Gasteiger partial charge in [-0.2, -0.15) is 0 Å². The van der Waals surface area contributed by atoms with Crippen LogP contribution in [0.2, 0.25) is 0 Å². The molecule has 158 valence electrons. The lowest BCUT2D eigenvalue weighted by Crippen LogP contribution is -2.31. The summed E-state index contributed by atoms with van der Waals surface area (Å²) in [5, 5.41) is 0. The number of rotatable bonds is 8. The summed E-state index contributed by atoms with van der Waals surface area (Å²) in [6.07, 6.45) is 0. The molecule has 0 radical (unpaired) electrons. The van der Waals surface area contributed by atoms with Crippen LogP contribution in [0.3, 0.4) is 0 Å². The lowest BCUT2D eigenvalue weighted by Gasteiger charge is -2.26. The van der Waals surface area contributed by atoms with Crippen molar-refractivity contribution in [3.63, 3.8) is 0 Å². The van der Waals surface area contributed by atoms with E-state index in [9.17, 15) is 8.42 Å². The van der Waals surface area contributed by atoms with Gasteiger partial charge in [-0.15, -0.1) is 0 Å². The Morgan fingerprint density at radius 1 is 0.800 bits per heavy atom. The van der Waals surface area contributed by atoms with Gasteiger partial charge in [0.25, 0.3) is 10.0 Å². The van der Waals surface area contributed by atoms with E-state index >= 15 is 0 Å². The molecule has 0 unspecified atom stereocenters. The second-order valence-corrected chi connectivity index (χ2v) is 8.52. The molecule has 0 bridgehead atoms. The number of sulfonamides is 1. The van der Waals surface area contributed by atoms with Crippen LogP contribution in [-0.2, 0) is 16.6 Å². The average Bonchev–Trinajstić information content (AvgIpc) is 2.78. The van der Waals surface area contributed by atoms with Crippen LogP contribution in [0.4, 0.5) is 5.69 Å². The summed E-state index contributed by atoms with van der Waals surface area (Å²) in [4.78, 5) is 0.144. The summed E-state index contributed by atoms with van der Waals surface area (Å²) >= 11 is 0. The molecule has 0 aromatic heterocycles. The van der Waals surface area contributed by atoms with Crippen molar-refractivity contribution in [2.45, 2.75) is 18.4 Å². The Balaban J connectivity index is 2.15. The van der Waals surface area contributed by atoms with Crippen molar-refractivity contribution in [1.29, 1.82) is 0 Å². The van der Waals surface area contributed by atoms with Crippen LogP contribution in [0.15, 0.2) is 71.6 Å². The summed E-state index contributed by atoms with van der Waals surface area (Å²) in [6, 6.07) is 19.2. The highest BCUT2D eigenvalue weighted by Crippen LogP contribution is 2.35. The molecular formula is C23H25NO5S. The fourth-order valence-electron chi connectivity index (χ4n) is 3.13. The Hall–Kier alpha value is -3.19. The fraction of sp³-hybridized carbons (Fsp3) is 0.217. The van der Waals surface area contributed by atoms with Crippen LogP contribution in [0.25, 0.3) is 0 Å². The quantitative estimate of drug-likeness (QED) is 0.533. The number of hydrogen-bond donors (Lipinski definition) is 0. The molecule has 7 heteroatoms. The molecule has 3 rings (SSSR count). The summed E-state index contributed by atoms with van der Waals surface area (Å²) in [5.74, 6) is 1.45. The Kier molecular flexibility index (Phi) is 6.52. The van der Waals surface area contributed by atoms with E-state index in [4.69, 9.17) is 14.2 Å². The molecule has 0 spiro atoms. The Morgan fingerprint density at radius 2 is 1.53 bits per heavy atom. The van der Waals surface area contributed by atoms with E-state index in [-0.39, 0.29) is 11.4 Å². The molecule has 0 aliphatic heterocycles. The topological polar surface area (TPSA) is 65.1 Å². The highest BCUT2D eigenvalue weighted by molar-refractivity contribution is 7.92. The number of ether oxygens (including phenoxy) is 3. The second kappa shape index (κ2) is 9.09. The van der Waals surface area contributed by atoms with Gasteiger partial charge in [-0.1, -0.05) is 30.3 Å². The van der Waals surface area contributed by atoms with Crippen LogP contribution in [0, 0.1) is 6.92 Å². The molecule has 3 aromatic rings. The minimum Gasteiger partial charge on any atom is -0.497 e. The highest BCUT2D eigenvalue weighted by atomic mass is 32.2. The smallest absolute Gasteiger partial charge is 0.264 e. The first kappa shape index (κ1) is 21.5. The Labute approximate surface area is 177 Å². The van der Waals surface area contributed by atoms with Gasteiger partial charge in [0, 0.05) is 12.1 Å². The third kappa shape index (κ3) is 4.36. The molecule has 0 aliphatic rings. The van der Waals surface area contributed by atoms with Crippen LogP contribution in [-0.4, -0.2) is 29.7 Å². The van der Waals surface area contributed by atoms with Crippen LogP contribution < -0.4 is 18.5 Å². The van der Waals surface area contributed by atoms with E-state index in [1.807, 2.05) is 31.2 Å². The zero-order valence-corrected chi connectivity index (χ0v) is 18.3. The lowest BCUT2D eigenvalue weighted by atomic mass is 10.1. The second-order valence-electron chi connectivity index (χ2n) is 6.66. The predicted octanol–water partition coefficient (Wildman–Crippen LogP) is 4.42. The zero-order chi connectivity index (χ0) is 21.7. The van der Waals surface area contributed by atoms with Gasteiger partial charge >= 0.3 is 0 Å². The molecule has 3 aromatic carbocycles. The van der Waals surface area contributed by atoms with Crippen molar-refractivity contribution in [1.82, 2.24) is 0 Å². The van der Waals surface area contributed by atoms with Gasteiger partial charge in [0.05, 0.1) is 38.5 Å². The molecule has 0 heterocycles. The first-order chi connectivity index (χ1) is 14.4. The van der Waals surface area contributed by atoms with Gasteiger partial charge < -0.3 is 14.2 Å². The van der Waals surface area contributed by atoms with Crippen molar-refractivity contribution in [2.75, 3.05) is 25.6 Å². The van der Waals surface area contributed by atoms with Gasteiger partial charge in [-0.3, -0.25) is 4.31 Å². The summed E-state index contributed by atoms with van der Waals surface area (Å²) in [5.41, 5.74) is 2.38. The summed E-state index contributed by atoms with van der Waals surface area (Å²) in [7, 11) is 0.671. The maximum absolute atomic E-state index is 13.7. The standard InChI is InChI=1S/C23H25NO5S/c1-17-8-5-6-9-18(17)16-24(19-12-13-22(28-3)23(14-19)29-4)30(25,26)21-11-7-10-20(15-21)27-2/h5-15H,16H2,1-4H3. The van der Waals surface area contributed by atoms with E-state index < -0.39 is 10.0 Å². The van der Waals surface area contributed by atoms with Crippen molar-refractivity contribution >= 4 is 15.7 Å². The van der Waals surface area contributed by atoms with E-state index in [0.29, 0.717) is 22.9 Å². The van der Waals surface area contributed by atoms with Gasteiger partial charge in [0.2, 0.25) is 0 Å². The maximum atomic E-state index is 13.7. The number of aryl methyl sites for hydroxylation is 1. The van der Waals surface area contributed by atoms with Gasteiger partial charge in [0.15, 0.2) is 11.5 Å².